The van der Waals surface area contributed by atoms with Gasteiger partial charge in [0, 0.05) is 19.0 Å². The molecule has 0 amide bonds. The first kappa shape index (κ1) is 10.3. The van der Waals surface area contributed by atoms with Crippen LogP contribution >= 0.6 is 11.6 Å². The highest BCUT2D eigenvalue weighted by Crippen LogP contribution is 2.11. The number of hydrogen-bond acceptors (Lipinski definition) is 3. The largest absolute Gasteiger partial charge is 0.417 e. The molecule has 1 aromatic carbocycles. The minimum Gasteiger partial charge on any atom is -0.408 e. The van der Waals surface area contributed by atoms with Gasteiger partial charge in [0.1, 0.15) is 0 Å². The standard InChI is InChI=1S/C10H11ClN2O2/c11-3-4-12-6-7-1-2-9-8(5-7)13-10(14)15-9/h1-2,5,12H,3-4,6H2,(H,13,14). The molecule has 0 spiro atoms. The average molecular weight is 227 g/mol. The fourth-order valence-electron chi connectivity index (χ4n) is 1.41. The van der Waals surface area contributed by atoms with Crippen LogP contribution in [0.2, 0.25) is 0 Å². The maximum Gasteiger partial charge on any atom is 0.417 e. The van der Waals surface area contributed by atoms with Gasteiger partial charge in [-0.15, -0.1) is 11.6 Å². The van der Waals surface area contributed by atoms with Gasteiger partial charge in [-0.2, -0.15) is 0 Å². The Morgan fingerprint density at radius 2 is 2.33 bits per heavy atom. The predicted octanol–water partition coefficient (Wildman–Crippen LogP) is 1.45. The molecular formula is C10H11ClN2O2. The second-order valence-electron chi connectivity index (χ2n) is 3.21. The molecule has 80 valence electrons. The molecule has 0 aliphatic rings. The van der Waals surface area contributed by atoms with Crippen LogP contribution in [0.25, 0.3) is 11.1 Å². The van der Waals surface area contributed by atoms with E-state index >= 15 is 0 Å². The molecule has 0 atom stereocenters. The topological polar surface area (TPSA) is 58.0 Å². The van der Waals surface area contributed by atoms with Crippen molar-refractivity contribution in [3.63, 3.8) is 0 Å². The zero-order chi connectivity index (χ0) is 10.7. The average Bonchev–Trinajstić information content (AvgIpc) is 2.57. The number of fused-ring (bicyclic) bond motifs is 1. The van der Waals surface area contributed by atoms with Gasteiger partial charge in [0.25, 0.3) is 0 Å². The predicted molar refractivity (Wildman–Crippen MR) is 59.3 cm³/mol. The molecule has 1 aromatic heterocycles. The van der Waals surface area contributed by atoms with Gasteiger partial charge >= 0.3 is 5.76 Å². The second-order valence-corrected chi connectivity index (χ2v) is 3.59. The summed E-state index contributed by atoms with van der Waals surface area (Å²) in [7, 11) is 0. The number of nitrogens with one attached hydrogen (secondary N) is 2. The molecule has 15 heavy (non-hydrogen) atoms. The van der Waals surface area contributed by atoms with E-state index < -0.39 is 5.76 Å². The normalized spacial score (nSPS) is 11.0. The molecule has 0 aliphatic heterocycles. The van der Waals surface area contributed by atoms with Crippen molar-refractivity contribution < 1.29 is 4.42 Å². The lowest BCUT2D eigenvalue weighted by molar-refractivity contribution is 0.555. The third-order valence-corrected chi connectivity index (χ3v) is 2.27. The van der Waals surface area contributed by atoms with Gasteiger partial charge in [-0.25, -0.2) is 4.79 Å². The second kappa shape index (κ2) is 4.51. The summed E-state index contributed by atoms with van der Waals surface area (Å²) in [5, 5.41) is 3.17. The number of aromatic amines is 1. The molecule has 0 aliphatic carbocycles. The smallest absolute Gasteiger partial charge is 0.408 e. The summed E-state index contributed by atoms with van der Waals surface area (Å²) in [6.07, 6.45) is 0. The van der Waals surface area contributed by atoms with Crippen LogP contribution in [0.15, 0.2) is 27.4 Å². The van der Waals surface area contributed by atoms with Gasteiger partial charge in [0.05, 0.1) is 5.52 Å². The van der Waals surface area contributed by atoms with Crippen LogP contribution in [0.4, 0.5) is 0 Å². The zero-order valence-electron chi connectivity index (χ0n) is 8.05. The van der Waals surface area contributed by atoms with Gasteiger partial charge in [-0.1, -0.05) is 6.07 Å². The van der Waals surface area contributed by atoms with E-state index in [1.165, 1.54) is 0 Å². The maximum absolute atomic E-state index is 10.9. The first-order valence-corrected chi connectivity index (χ1v) is 5.21. The molecule has 2 N–H and O–H groups in total. The van der Waals surface area contributed by atoms with Gasteiger partial charge in [0.2, 0.25) is 0 Å². The van der Waals surface area contributed by atoms with Gasteiger partial charge in [-0.05, 0) is 17.7 Å². The number of rotatable bonds is 4. The van der Waals surface area contributed by atoms with Crippen LogP contribution in [-0.4, -0.2) is 17.4 Å². The molecular weight excluding hydrogens is 216 g/mol. The lowest BCUT2D eigenvalue weighted by Crippen LogP contribution is -2.15. The highest BCUT2D eigenvalue weighted by Gasteiger charge is 2.01. The Morgan fingerprint density at radius 1 is 1.47 bits per heavy atom. The van der Waals surface area contributed by atoms with Crippen LogP contribution in [0, 0.1) is 0 Å². The summed E-state index contributed by atoms with van der Waals surface area (Å²) >= 11 is 5.54. The zero-order valence-corrected chi connectivity index (χ0v) is 8.80. The van der Waals surface area contributed by atoms with E-state index in [0.717, 1.165) is 24.2 Å². The molecule has 0 unspecified atom stereocenters. The van der Waals surface area contributed by atoms with Crippen LogP contribution in [0.3, 0.4) is 0 Å². The summed E-state index contributed by atoms with van der Waals surface area (Å²) in [4.78, 5) is 13.5. The monoisotopic (exact) mass is 226 g/mol. The van der Waals surface area contributed by atoms with Crippen molar-refractivity contribution in [2.24, 2.45) is 0 Å². The Hall–Kier alpha value is -1.26. The van der Waals surface area contributed by atoms with E-state index in [0.29, 0.717) is 11.5 Å². The Kier molecular flexibility index (Phi) is 3.08. The van der Waals surface area contributed by atoms with Crippen molar-refractivity contribution in [2.75, 3.05) is 12.4 Å². The fraction of sp³-hybridized carbons (Fsp3) is 0.300. The van der Waals surface area contributed by atoms with Gasteiger partial charge in [-0.3, -0.25) is 4.98 Å². The molecule has 0 radical (unpaired) electrons. The van der Waals surface area contributed by atoms with E-state index in [4.69, 9.17) is 16.0 Å². The van der Waals surface area contributed by atoms with Crippen molar-refractivity contribution in [2.45, 2.75) is 6.54 Å². The molecule has 0 fully saturated rings. The number of halogens is 1. The number of H-pyrrole nitrogens is 1. The highest BCUT2D eigenvalue weighted by molar-refractivity contribution is 6.18. The summed E-state index contributed by atoms with van der Waals surface area (Å²) in [5.74, 6) is 0.168. The molecule has 2 rings (SSSR count). The summed E-state index contributed by atoms with van der Waals surface area (Å²) < 4.78 is 4.90. The van der Waals surface area contributed by atoms with E-state index in [2.05, 4.69) is 10.3 Å². The molecule has 4 nitrogen and oxygen atoms in total. The molecule has 0 saturated heterocycles. The summed E-state index contributed by atoms with van der Waals surface area (Å²) in [5.41, 5.74) is 2.40. The first-order chi connectivity index (χ1) is 7.29. The van der Waals surface area contributed by atoms with Crippen LogP contribution in [0.5, 0.6) is 0 Å². The first-order valence-electron chi connectivity index (χ1n) is 4.68. The molecule has 2 aromatic rings. The van der Waals surface area contributed by atoms with Gasteiger partial charge in [0.15, 0.2) is 5.58 Å². The third kappa shape index (κ3) is 2.40. The van der Waals surface area contributed by atoms with Crippen LogP contribution in [-0.2, 0) is 6.54 Å². The van der Waals surface area contributed by atoms with Crippen molar-refractivity contribution in [1.29, 1.82) is 0 Å². The number of hydrogen-bond donors (Lipinski definition) is 2. The third-order valence-electron chi connectivity index (χ3n) is 2.08. The SMILES string of the molecule is O=c1[nH]c2cc(CNCCCl)ccc2o1. The highest BCUT2D eigenvalue weighted by atomic mass is 35.5. The minimum absolute atomic E-state index is 0.420. The van der Waals surface area contributed by atoms with Gasteiger partial charge < -0.3 is 9.73 Å². The molecule has 1 heterocycles. The lowest BCUT2D eigenvalue weighted by atomic mass is 10.2. The van der Waals surface area contributed by atoms with E-state index in [1.807, 2.05) is 12.1 Å². The van der Waals surface area contributed by atoms with E-state index in [-0.39, 0.29) is 0 Å². The minimum atomic E-state index is -0.420. The number of aromatic nitrogens is 1. The Bertz CT molecular complexity index is 503. The van der Waals surface area contributed by atoms with Crippen LogP contribution in [0.1, 0.15) is 5.56 Å². The summed E-state index contributed by atoms with van der Waals surface area (Å²) in [6, 6.07) is 5.59. The Balaban J connectivity index is 2.19. The number of benzene rings is 1. The van der Waals surface area contributed by atoms with Crippen molar-refractivity contribution >= 4 is 22.7 Å². The molecule has 0 bridgehead atoms. The molecule has 0 saturated carbocycles. The van der Waals surface area contributed by atoms with Crippen molar-refractivity contribution in [1.82, 2.24) is 10.3 Å². The Morgan fingerprint density at radius 3 is 3.13 bits per heavy atom. The quantitative estimate of drug-likeness (QED) is 0.613. The lowest BCUT2D eigenvalue weighted by Gasteiger charge is -2.01. The number of oxazole rings is 1. The summed E-state index contributed by atoms with van der Waals surface area (Å²) in [6.45, 7) is 1.50. The molecule has 5 heteroatoms. The van der Waals surface area contributed by atoms with Crippen LogP contribution < -0.4 is 11.1 Å². The van der Waals surface area contributed by atoms with E-state index in [1.54, 1.807) is 6.07 Å². The van der Waals surface area contributed by atoms with Crippen molar-refractivity contribution in [3.8, 4) is 0 Å². The van der Waals surface area contributed by atoms with E-state index in [9.17, 15) is 4.79 Å². The number of alkyl halides is 1. The maximum atomic E-state index is 10.9. The van der Waals surface area contributed by atoms with Crippen molar-refractivity contribution in [3.05, 3.63) is 34.3 Å². The Labute approximate surface area is 91.2 Å². The fourth-order valence-corrected chi connectivity index (χ4v) is 1.54.